The van der Waals surface area contributed by atoms with E-state index in [1.807, 2.05) is 40.2 Å². The van der Waals surface area contributed by atoms with E-state index < -0.39 is 4.92 Å². The molecular formula is C16H11N5O2S. The number of pyridine rings is 1. The Morgan fingerprint density at radius 3 is 2.92 bits per heavy atom. The molecule has 0 aliphatic rings. The van der Waals surface area contributed by atoms with Crippen molar-refractivity contribution in [2.45, 2.75) is 0 Å². The molecule has 0 radical (unpaired) electrons. The molecule has 0 amide bonds. The number of nitrogens with one attached hydrogen (secondary N) is 1. The first-order valence-corrected chi connectivity index (χ1v) is 7.99. The molecule has 4 aromatic rings. The number of benzene rings is 1. The SMILES string of the molecule is O=[N+]([O-])c1cccc(-c2nc3ccccn3c2Nc2nccs2)c1. The van der Waals surface area contributed by atoms with E-state index in [0.29, 0.717) is 11.3 Å². The first-order valence-electron chi connectivity index (χ1n) is 7.11. The third-order valence-electron chi connectivity index (χ3n) is 3.52. The number of non-ortho nitro benzene ring substituents is 1. The van der Waals surface area contributed by atoms with Crippen LogP contribution in [0.2, 0.25) is 0 Å². The molecule has 0 unspecified atom stereocenters. The van der Waals surface area contributed by atoms with Crippen molar-refractivity contribution in [3.05, 3.63) is 70.4 Å². The topological polar surface area (TPSA) is 85.4 Å². The van der Waals surface area contributed by atoms with E-state index in [2.05, 4.69) is 15.3 Å². The summed E-state index contributed by atoms with van der Waals surface area (Å²) < 4.78 is 1.90. The number of hydrogen-bond donors (Lipinski definition) is 1. The summed E-state index contributed by atoms with van der Waals surface area (Å²) in [4.78, 5) is 19.5. The summed E-state index contributed by atoms with van der Waals surface area (Å²) in [5, 5.41) is 16.9. The van der Waals surface area contributed by atoms with Gasteiger partial charge in [0, 0.05) is 35.5 Å². The van der Waals surface area contributed by atoms with Gasteiger partial charge in [-0.1, -0.05) is 18.2 Å². The predicted octanol–water partition coefficient (Wildman–Crippen LogP) is 4.11. The van der Waals surface area contributed by atoms with Gasteiger partial charge in [-0.05, 0) is 12.1 Å². The van der Waals surface area contributed by atoms with E-state index in [-0.39, 0.29) is 5.69 Å². The van der Waals surface area contributed by atoms with Gasteiger partial charge in [0.1, 0.15) is 17.2 Å². The number of nitro groups is 1. The van der Waals surface area contributed by atoms with Gasteiger partial charge in [-0.15, -0.1) is 11.3 Å². The third kappa shape index (κ3) is 2.48. The highest BCUT2D eigenvalue weighted by molar-refractivity contribution is 7.13. The van der Waals surface area contributed by atoms with Crippen LogP contribution in [0.1, 0.15) is 0 Å². The molecule has 1 aromatic carbocycles. The maximum absolute atomic E-state index is 11.1. The number of hydrogen-bond acceptors (Lipinski definition) is 6. The lowest BCUT2D eigenvalue weighted by atomic mass is 10.1. The molecule has 3 heterocycles. The van der Waals surface area contributed by atoms with Crippen molar-refractivity contribution >= 4 is 33.6 Å². The molecule has 3 aromatic heterocycles. The molecule has 7 nitrogen and oxygen atoms in total. The Balaban J connectivity index is 1.91. The molecule has 8 heteroatoms. The lowest BCUT2D eigenvalue weighted by molar-refractivity contribution is -0.384. The number of nitrogens with zero attached hydrogens (tertiary/aromatic N) is 4. The zero-order valence-electron chi connectivity index (χ0n) is 12.3. The quantitative estimate of drug-likeness (QED) is 0.447. The average Bonchev–Trinajstić information content (AvgIpc) is 3.24. The predicted molar refractivity (Wildman–Crippen MR) is 92.7 cm³/mol. The van der Waals surface area contributed by atoms with Crippen molar-refractivity contribution in [1.29, 1.82) is 0 Å². The number of aromatic nitrogens is 3. The van der Waals surface area contributed by atoms with Crippen molar-refractivity contribution < 1.29 is 4.92 Å². The van der Waals surface area contributed by atoms with Gasteiger partial charge < -0.3 is 5.32 Å². The smallest absolute Gasteiger partial charge is 0.270 e. The van der Waals surface area contributed by atoms with Crippen LogP contribution in [0.3, 0.4) is 0 Å². The second-order valence-corrected chi connectivity index (χ2v) is 5.90. The minimum atomic E-state index is -0.409. The maximum atomic E-state index is 11.1. The first kappa shape index (κ1) is 14.3. The van der Waals surface area contributed by atoms with Crippen LogP contribution in [0.25, 0.3) is 16.9 Å². The van der Waals surface area contributed by atoms with E-state index in [1.165, 1.54) is 23.5 Å². The summed E-state index contributed by atoms with van der Waals surface area (Å²) in [5.41, 5.74) is 2.09. The Labute approximate surface area is 140 Å². The fourth-order valence-electron chi connectivity index (χ4n) is 2.47. The Bertz CT molecular complexity index is 1030. The van der Waals surface area contributed by atoms with E-state index in [9.17, 15) is 10.1 Å². The number of anilines is 2. The molecule has 4 rings (SSSR count). The molecule has 0 aliphatic heterocycles. The van der Waals surface area contributed by atoms with Gasteiger partial charge >= 0.3 is 0 Å². The molecule has 0 atom stereocenters. The van der Waals surface area contributed by atoms with Gasteiger partial charge in [0.2, 0.25) is 0 Å². The summed E-state index contributed by atoms with van der Waals surface area (Å²) in [6.07, 6.45) is 3.60. The van der Waals surface area contributed by atoms with Crippen LogP contribution in [-0.4, -0.2) is 19.3 Å². The molecule has 0 saturated carbocycles. The molecule has 1 N–H and O–H groups in total. The maximum Gasteiger partial charge on any atom is 0.270 e. The standard InChI is InChI=1S/C16H11N5O2S/c22-21(23)12-5-3-4-11(10-12)14-15(19-16-17-7-9-24-16)20-8-2-1-6-13(20)18-14/h1-10H,(H,17,19). The number of imidazole rings is 1. The first-order chi connectivity index (χ1) is 11.7. The Hall–Kier alpha value is -3.26. The highest BCUT2D eigenvalue weighted by Crippen LogP contribution is 2.33. The molecule has 0 aliphatic carbocycles. The Kier molecular flexibility index (Phi) is 3.43. The molecule has 118 valence electrons. The van der Waals surface area contributed by atoms with Crippen LogP contribution in [0.4, 0.5) is 16.6 Å². The molecule has 0 fully saturated rings. The van der Waals surface area contributed by atoms with Crippen LogP contribution in [-0.2, 0) is 0 Å². The van der Waals surface area contributed by atoms with Gasteiger partial charge in [-0.2, -0.15) is 0 Å². The van der Waals surface area contributed by atoms with Crippen molar-refractivity contribution in [3.63, 3.8) is 0 Å². The monoisotopic (exact) mass is 337 g/mol. The highest BCUT2D eigenvalue weighted by Gasteiger charge is 2.17. The second-order valence-electron chi connectivity index (χ2n) is 5.01. The van der Waals surface area contributed by atoms with Gasteiger partial charge in [0.25, 0.3) is 5.69 Å². The van der Waals surface area contributed by atoms with E-state index in [0.717, 1.165) is 16.6 Å². The molecule has 24 heavy (non-hydrogen) atoms. The Morgan fingerprint density at radius 1 is 1.21 bits per heavy atom. The second kappa shape index (κ2) is 5.74. The van der Waals surface area contributed by atoms with Crippen LogP contribution < -0.4 is 5.32 Å². The summed E-state index contributed by atoms with van der Waals surface area (Å²) in [5.74, 6) is 0.723. The molecule has 0 spiro atoms. The summed E-state index contributed by atoms with van der Waals surface area (Å²) in [6, 6.07) is 12.1. The van der Waals surface area contributed by atoms with Crippen LogP contribution >= 0.6 is 11.3 Å². The lowest BCUT2D eigenvalue weighted by Gasteiger charge is -2.06. The number of nitro benzene ring substituents is 1. The van der Waals surface area contributed by atoms with Gasteiger partial charge in [0.15, 0.2) is 5.13 Å². The van der Waals surface area contributed by atoms with Crippen molar-refractivity contribution in [2.75, 3.05) is 5.32 Å². The van der Waals surface area contributed by atoms with Crippen molar-refractivity contribution in [2.24, 2.45) is 0 Å². The van der Waals surface area contributed by atoms with Crippen LogP contribution in [0.5, 0.6) is 0 Å². The molecular weight excluding hydrogens is 326 g/mol. The molecule has 0 saturated heterocycles. The fraction of sp³-hybridized carbons (Fsp3) is 0. The average molecular weight is 337 g/mol. The summed E-state index contributed by atoms with van der Waals surface area (Å²) >= 11 is 1.47. The van der Waals surface area contributed by atoms with Gasteiger partial charge in [0.05, 0.1) is 4.92 Å². The van der Waals surface area contributed by atoms with E-state index in [4.69, 9.17) is 0 Å². The van der Waals surface area contributed by atoms with Crippen LogP contribution in [0, 0.1) is 10.1 Å². The Morgan fingerprint density at radius 2 is 2.12 bits per heavy atom. The minimum Gasteiger partial charge on any atom is -0.315 e. The third-order valence-corrected chi connectivity index (χ3v) is 4.21. The minimum absolute atomic E-state index is 0.0322. The normalized spacial score (nSPS) is 10.8. The zero-order chi connectivity index (χ0) is 16.5. The van der Waals surface area contributed by atoms with E-state index >= 15 is 0 Å². The largest absolute Gasteiger partial charge is 0.315 e. The molecule has 0 bridgehead atoms. The van der Waals surface area contributed by atoms with Gasteiger partial charge in [-0.25, -0.2) is 9.97 Å². The number of fused-ring (bicyclic) bond motifs is 1. The van der Waals surface area contributed by atoms with E-state index in [1.54, 1.807) is 12.3 Å². The van der Waals surface area contributed by atoms with Gasteiger partial charge in [-0.3, -0.25) is 14.5 Å². The highest BCUT2D eigenvalue weighted by atomic mass is 32.1. The summed E-state index contributed by atoms with van der Waals surface area (Å²) in [7, 11) is 0. The summed E-state index contributed by atoms with van der Waals surface area (Å²) in [6.45, 7) is 0. The van der Waals surface area contributed by atoms with Crippen molar-refractivity contribution in [1.82, 2.24) is 14.4 Å². The zero-order valence-corrected chi connectivity index (χ0v) is 13.1. The number of rotatable bonds is 4. The lowest BCUT2D eigenvalue weighted by Crippen LogP contribution is -1.96. The fourth-order valence-corrected chi connectivity index (χ4v) is 3.00. The van der Waals surface area contributed by atoms with Crippen LogP contribution in [0.15, 0.2) is 60.2 Å². The van der Waals surface area contributed by atoms with Crippen molar-refractivity contribution in [3.8, 4) is 11.3 Å². The number of thiazole rings is 1.